The van der Waals surface area contributed by atoms with Gasteiger partial charge in [-0.3, -0.25) is 0 Å². The second kappa shape index (κ2) is 4.60. The first-order chi connectivity index (χ1) is 6.84. The highest BCUT2D eigenvalue weighted by Gasteiger charge is 2.17. The fraction of sp³-hybridized carbons (Fsp3) is 0.727. The van der Waals surface area contributed by atoms with Crippen LogP contribution in [0.2, 0.25) is 0 Å². The van der Waals surface area contributed by atoms with E-state index in [9.17, 15) is 0 Å². The average molecular weight is 193 g/mol. The van der Waals surface area contributed by atoms with E-state index in [1.165, 1.54) is 31.4 Å². The van der Waals surface area contributed by atoms with Crippen LogP contribution >= 0.6 is 0 Å². The lowest BCUT2D eigenvalue weighted by Crippen LogP contribution is -2.32. The molecule has 78 valence electrons. The molecule has 0 bridgehead atoms. The molecular weight excluding hydrogens is 174 g/mol. The predicted molar refractivity (Wildman–Crippen MR) is 56.8 cm³/mol. The zero-order valence-electron chi connectivity index (χ0n) is 8.79. The van der Waals surface area contributed by atoms with Gasteiger partial charge in [-0.25, -0.2) is 4.98 Å². The number of nitrogens with one attached hydrogen (secondary N) is 2. The molecule has 0 aromatic carbocycles. The van der Waals surface area contributed by atoms with E-state index in [4.69, 9.17) is 0 Å². The molecule has 1 aromatic rings. The van der Waals surface area contributed by atoms with Crippen LogP contribution in [0.15, 0.2) is 12.5 Å². The van der Waals surface area contributed by atoms with Crippen LogP contribution in [0.5, 0.6) is 0 Å². The Morgan fingerprint density at radius 1 is 1.43 bits per heavy atom. The van der Waals surface area contributed by atoms with Gasteiger partial charge in [0.1, 0.15) is 0 Å². The molecule has 0 saturated heterocycles. The monoisotopic (exact) mass is 193 g/mol. The van der Waals surface area contributed by atoms with Gasteiger partial charge in [0.25, 0.3) is 0 Å². The van der Waals surface area contributed by atoms with E-state index in [1.54, 1.807) is 6.33 Å². The summed E-state index contributed by atoms with van der Waals surface area (Å²) < 4.78 is 0. The third-order valence-corrected chi connectivity index (χ3v) is 3.15. The fourth-order valence-corrected chi connectivity index (χ4v) is 2.10. The van der Waals surface area contributed by atoms with Crippen LogP contribution in [0.25, 0.3) is 0 Å². The summed E-state index contributed by atoms with van der Waals surface area (Å²) in [4.78, 5) is 7.11. The topological polar surface area (TPSA) is 40.7 Å². The molecule has 0 atom stereocenters. The van der Waals surface area contributed by atoms with Crippen LogP contribution in [-0.4, -0.2) is 16.0 Å². The van der Waals surface area contributed by atoms with Gasteiger partial charge in [-0.1, -0.05) is 6.92 Å². The molecule has 1 aliphatic rings. The van der Waals surface area contributed by atoms with Gasteiger partial charge in [0.2, 0.25) is 0 Å². The first-order valence-corrected chi connectivity index (χ1v) is 5.55. The molecule has 2 rings (SSSR count). The van der Waals surface area contributed by atoms with Gasteiger partial charge >= 0.3 is 0 Å². The minimum atomic E-state index is 0.717. The Morgan fingerprint density at radius 2 is 2.21 bits per heavy atom. The third-order valence-electron chi connectivity index (χ3n) is 3.15. The van der Waals surface area contributed by atoms with Gasteiger partial charge in [-0.2, -0.15) is 0 Å². The lowest BCUT2D eigenvalue weighted by atomic mass is 9.87. The first kappa shape index (κ1) is 9.71. The molecule has 1 heterocycles. The van der Waals surface area contributed by atoms with Crippen molar-refractivity contribution in [2.24, 2.45) is 5.92 Å². The zero-order chi connectivity index (χ0) is 9.80. The fourth-order valence-electron chi connectivity index (χ4n) is 2.10. The van der Waals surface area contributed by atoms with E-state index in [2.05, 4.69) is 22.2 Å². The minimum Gasteiger partial charge on any atom is -0.347 e. The number of imidazole rings is 1. The summed E-state index contributed by atoms with van der Waals surface area (Å²) in [6.07, 6.45) is 9.03. The highest BCUT2D eigenvalue weighted by molar-refractivity contribution is 4.94. The highest BCUT2D eigenvalue weighted by atomic mass is 15.0. The standard InChI is InChI=1S/C11H19N3/c1-9-2-4-10(5-3-9)13-7-11-6-12-8-14-11/h6,8-10,13H,2-5,7H2,1H3,(H,12,14). The second-order valence-electron chi connectivity index (χ2n) is 4.41. The number of H-pyrrole nitrogens is 1. The summed E-state index contributed by atoms with van der Waals surface area (Å²) in [5, 5.41) is 3.57. The summed E-state index contributed by atoms with van der Waals surface area (Å²) in [7, 11) is 0. The summed E-state index contributed by atoms with van der Waals surface area (Å²) in [6.45, 7) is 3.28. The molecule has 0 amide bonds. The van der Waals surface area contributed by atoms with Crippen molar-refractivity contribution in [3.05, 3.63) is 18.2 Å². The lowest BCUT2D eigenvalue weighted by Gasteiger charge is -2.26. The van der Waals surface area contributed by atoms with Crippen LogP contribution in [-0.2, 0) is 6.54 Å². The van der Waals surface area contributed by atoms with E-state index in [-0.39, 0.29) is 0 Å². The van der Waals surface area contributed by atoms with Gasteiger partial charge in [0.05, 0.1) is 6.33 Å². The maximum absolute atomic E-state index is 4.00. The molecule has 1 aliphatic carbocycles. The molecule has 0 spiro atoms. The summed E-state index contributed by atoms with van der Waals surface area (Å²) in [5.74, 6) is 0.931. The Kier molecular flexibility index (Phi) is 3.19. The van der Waals surface area contributed by atoms with Crippen LogP contribution in [0, 0.1) is 5.92 Å². The molecule has 3 nitrogen and oxygen atoms in total. The normalized spacial score (nSPS) is 27.8. The second-order valence-corrected chi connectivity index (χ2v) is 4.41. The van der Waals surface area contributed by atoms with Crippen LogP contribution in [0.1, 0.15) is 38.3 Å². The van der Waals surface area contributed by atoms with E-state index in [1.807, 2.05) is 6.20 Å². The summed E-state index contributed by atoms with van der Waals surface area (Å²) in [6, 6.07) is 0.717. The molecule has 2 N–H and O–H groups in total. The van der Waals surface area contributed by atoms with Gasteiger partial charge < -0.3 is 10.3 Å². The minimum absolute atomic E-state index is 0.717. The molecule has 0 aliphatic heterocycles. The number of aromatic nitrogens is 2. The molecule has 1 saturated carbocycles. The molecule has 1 fully saturated rings. The molecule has 0 radical (unpaired) electrons. The van der Waals surface area contributed by atoms with E-state index >= 15 is 0 Å². The van der Waals surface area contributed by atoms with E-state index < -0.39 is 0 Å². The smallest absolute Gasteiger partial charge is 0.0922 e. The lowest BCUT2D eigenvalue weighted by molar-refractivity contribution is 0.306. The first-order valence-electron chi connectivity index (χ1n) is 5.55. The number of rotatable bonds is 3. The molecule has 0 unspecified atom stereocenters. The van der Waals surface area contributed by atoms with Crippen molar-refractivity contribution in [2.75, 3.05) is 0 Å². The number of hydrogen-bond donors (Lipinski definition) is 2. The van der Waals surface area contributed by atoms with Crippen LogP contribution in [0.4, 0.5) is 0 Å². The Balaban J connectivity index is 1.71. The van der Waals surface area contributed by atoms with E-state index in [0.717, 1.165) is 18.5 Å². The molecule has 1 aromatic heterocycles. The van der Waals surface area contributed by atoms with Gasteiger partial charge in [0, 0.05) is 24.5 Å². The van der Waals surface area contributed by atoms with Crippen molar-refractivity contribution in [2.45, 2.75) is 45.2 Å². The van der Waals surface area contributed by atoms with Gasteiger partial charge in [-0.05, 0) is 31.6 Å². The molecule has 14 heavy (non-hydrogen) atoms. The van der Waals surface area contributed by atoms with Crippen molar-refractivity contribution < 1.29 is 0 Å². The maximum Gasteiger partial charge on any atom is 0.0922 e. The van der Waals surface area contributed by atoms with Crippen molar-refractivity contribution in [1.29, 1.82) is 0 Å². The number of aromatic amines is 1. The number of nitrogens with zero attached hydrogens (tertiary/aromatic N) is 1. The Labute approximate surface area is 85.3 Å². The quantitative estimate of drug-likeness (QED) is 0.771. The van der Waals surface area contributed by atoms with Crippen molar-refractivity contribution in [1.82, 2.24) is 15.3 Å². The molecule has 3 heteroatoms. The van der Waals surface area contributed by atoms with Crippen LogP contribution in [0.3, 0.4) is 0 Å². The Bertz CT molecular complexity index is 248. The van der Waals surface area contributed by atoms with Crippen LogP contribution < -0.4 is 5.32 Å². The largest absolute Gasteiger partial charge is 0.347 e. The van der Waals surface area contributed by atoms with Crippen molar-refractivity contribution >= 4 is 0 Å². The Morgan fingerprint density at radius 3 is 2.86 bits per heavy atom. The summed E-state index contributed by atoms with van der Waals surface area (Å²) >= 11 is 0. The van der Waals surface area contributed by atoms with Crippen molar-refractivity contribution in [3.63, 3.8) is 0 Å². The molecular formula is C11H19N3. The predicted octanol–water partition coefficient (Wildman–Crippen LogP) is 2.08. The SMILES string of the molecule is CC1CCC(NCc2cnc[nH]2)CC1. The van der Waals surface area contributed by atoms with E-state index in [0.29, 0.717) is 0 Å². The third kappa shape index (κ3) is 2.58. The number of hydrogen-bond acceptors (Lipinski definition) is 2. The average Bonchev–Trinajstić information content (AvgIpc) is 2.70. The zero-order valence-corrected chi connectivity index (χ0v) is 8.79. The highest BCUT2D eigenvalue weighted by Crippen LogP contribution is 2.23. The maximum atomic E-state index is 4.00. The van der Waals surface area contributed by atoms with Crippen molar-refractivity contribution in [3.8, 4) is 0 Å². The Hall–Kier alpha value is -0.830. The summed E-state index contributed by atoms with van der Waals surface area (Å²) in [5.41, 5.74) is 1.18. The van der Waals surface area contributed by atoms with Gasteiger partial charge in [0.15, 0.2) is 0 Å². The van der Waals surface area contributed by atoms with Gasteiger partial charge in [-0.15, -0.1) is 0 Å².